The third-order valence-corrected chi connectivity index (χ3v) is 6.44. The highest BCUT2D eigenvalue weighted by molar-refractivity contribution is 6.42. The van der Waals surface area contributed by atoms with Gasteiger partial charge in [0, 0.05) is 30.8 Å². The molecule has 0 saturated heterocycles. The van der Waals surface area contributed by atoms with Crippen molar-refractivity contribution in [3.05, 3.63) is 55.9 Å². The summed E-state index contributed by atoms with van der Waals surface area (Å²) in [6.07, 6.45) is 1.37. The standard InChI is InChI=1S/C21H16Cl4N2O4/c1-9(28)30-17-5-11(15-8-13(22)20(24)26-15)6-18(31-10(2)29)19(17)16-4-3-12-7-14(23)21(25)27(12)16/h5-8,16,26H,3-4H2,1-2H3/t16-/m0/s1. The second kappa shape index (κ2) is 8.43. The number of ether oxygens (including phenoxy) is 2. The summed E-state index contributed by atoms with van der Waals surface area (Å²) >= 11 is 24.8. The largest absolute Gasteiger partial charge is 0.426 e. The third kappa shape index (κ3) is 4.17. The number of nitrogens with zero attached hydrogens (tertiary/aromatic N) is 1. The Morgan fingerprint density at radius 2 is 1.58 bits per heavy atom. The van der Waals surface area contributed by atoms with E-state index in [0.717, 1.165) is 5.69 Å². The van der Waals surface area contributed by atoms with E-state index >= 15 is 0 Å². The zero-order chi connectivity index (χ0) is 22.4. The lowest BCUT2D eigenvalue weighted by Crippen LogP contribution is -2.14. The van der Waals surface area contributed by atoms with E-state index in [1.807, 2.05) is 4.57 Å². The first kappa shape index (κ1) is 22.1. The molecule has 162 valence electrons. The molecule has 1 aromatic carbocycles. The molecular weight excluding hydrogens is 486 g/mol. The second-order valence-electron chi connectivity index (χ2n) is 7.12. The van der Waals surface area contributed by atoms with Crippen LogP contribution in [-0.4, -0.2) is 21.5 Å². The smallest absolute Gasteiger partial charge is 0.308 e. The van der Waals surface area contributed by atoms with Crippen LogP contribution in [0, 0.1) is 0 Å². The fourth-order valence-electron chi connectivity index (χ4n) is 3.86. The summed E-state index contributed by atoms with van der Waals surface area (Å²) in [5.41, 5.74) is 2.60. The van der Waals surface area contributed by atoms with E-state index in [2.05, 4.69) is 4.98 Å². The van der Waals surface area contributed by atoms with Gasteiger partial charge in [0.15, 0.2) is 0 Å². The van der Waals surface area contributed by atoms with E-state index in [0.29, 0.717) is 44.9 Å². The van der Waals surface area contributed by atoms with Gasteiger partial charge in [-0.1, -0.05) is 46.4 Å². The van der Waals surface area contributed by atoms with Gasteiger partial charge < -0.3 is 19.0 Å². The first-order valence-electron chi connectivity index (χ1n) is 9.30. The molecule has 0 fully saturated rings. The van der Waals surface area contributed by atoms with Gasteiger partial charge in [-0.3, -0.25) is 9.59 Å². The van der Waals surface area contributed by atoms with E-state index in [4.69, 9.17) is 55.9 Å². The summed E-state index contributed by atoms with van der Waals surface area (Å²) in [6.45, 7) is 2.59. The summed E-state index contributed by atoms with van der Waals surface area (Å²) < 4.78 is 12.9. The Labute approximate surface area is 197 Å². The fourth-order valence-corrected chi connectivity index (χ4v) is 4.67. The molecule has 0 spiro atoms. The average Bonchev–Trinajstić information content (AvgIpc) is 3.31. The lowest BCUT2D eigenvalue weighted by molar-refractivity contribution is -0.132. The molecule has 2 aromatic heterocycles. The molecule has 10 heteroatoms. The van der Waals surface area contributed by atoms with Crippen molar-refractivity contribution in [3.8, 4) is 22.8 Å². The van der Waals surface area contributed by atoms with Crippen LogP contribution in [0.1, 0.15) is 37.6 Å². The van der Waals surface area contributed by atoms with Gasteiger partial charge in [0.05, 0.1) is 21.7 Å². The minimum Gasteiger partial charge on any atom is -0.426 e. The van der Waals surface area contributed by atoms with Crippen molar-refractivity contribution in [2.45, 2.75) is 32.7 Å². The van der Waals surface area contributed by atoms with Crippen LogP contribution in [0.25, 0.3) is 11.3 Å². The van der Waals surface area contributed by atoms with Crippen molar-refractivity contribution in [3.63, 3.8) is 0 Å². The number of aryl methyl sites for hydroxylation is 1. The van der Waals surface area contributed by atoms with Crippen LogP contribution in [0.5, 0.6) is 11.5 Å². The van der Waals surface area contributed by atoms with Crippen LogP contribution in [-0.2, 0) is 16.0 Å². The van der Waals surface area contributed by atoms with E-state index in [1.165, 1.54) is 13.8 Å². The number of fused-ring (bicyclic) bond motifs is 1. The summed E-state index contributed by atoms with van der Waals surface area (Å²) in [5.74, 6) is -0.571. The number of esters is 2. The molecule has 0 amide bonds. The number of nitrogens with one attached hydrogen (secondary N) is 1. The van der Waals surface area contributed by atoms with Gasteiger partial charge in [-0.05, 0) is 37.1 Å². The summed E-state index contributed by atoms with van der Waals surface area (Å²) in [6, 6.07) is 6.42. The maximum atomic E-state index is 11.9. The van der Waals surface area contributed by atoms with Crippen molar-refractivity contribution in [2.24, 2.45) is 0 Å². The Hall–Kier alpha value is -2.12. The van der Waals surface area contributed by atoms with Crippen molar-refractivity contribution in [1.29, 1.82) is 0 Å². The lowest BCUT2D eigenvalue weighted by atomic mass is 9.98. The second-order valence-corrected chi connectivity index (χ2v) is 8.67. The molecule has 31 heavy (non-hydrogen) atoms. The number of aromatic nitrogens is 2. The van der Waals surface area contributed by atoms with Crippen LogP contribution in [0.4, 0.5) is 0 Å². The van der Waals surface area contributed by atoms with Crippen molar-refractivity contribution < 1.29 is 19.1 Å². The van der Waals surface area contributed by atoms with Gasteiger partial charge in [-0.25, -0.2) is 0 Å². The Morgan fingerprint density at radius 3 is 2.10 bits per heavy atom. The Morgan fingerprint density at radius 1 is 0.968 bits per heavy atom. The number of rotatable bonds is 4. The fraction of sp³-hybridized carbons (Fsp3) is 0.238. The number of carbonyl (C=O) groups is 2. The van der Waals surface area contributed by atoms with E-state index in [9.17, 15) is 9.59 Å². The molecule has 6 nitrogen and oxygen atoms in total. The van der Waals surface area contributed by atoms with Crippen LogP contribution in [0.3, 0.4) is 0 Å². The monoisotopic (exact) mass is 500 g/mol. The Kier molecular flexibility index (Phi) is 6.01. The Bertz CT molecular complexity index is 1160. The topological polar surface area (TPSA) is 73.3 Å². The molecule has 0 aliphatic carbocycles. The van der Waals surface area contributed by atoms with E-state index < -0.39 is 11.9 Å². The van der Waals surface area contributed by atoms with Gasteiger partial charge in [-0.2, -0.15) is 0 Å². The van der Waals surface area contributed by atoms with Gasteiger partial charge >= 0.3 is 11.9 Å². The number of benzene rings is 1. The van der Waals surface area contributed by atoms with Crippen LogP contribution in [0.2, 0.25) is 20.4 Å². The van der Waals surface area contributed by atoms with Crippen molar-refractivity contribution in [1.82, 2.24) is 9.55 Å². The molecule has 3 aromatic rings. The van der Waals surface area contributed by atoms with Gasteiger partial charge in [0.2, 0.25) is 0 Å². The lowest BCUT2D eigenvalue weighted by Gasteiger charge is -2.22. The predicted octanol–water partition coefficient (Wildman–Crippen LogP) is 6.48. The first-order valence-corrected chi connectivity index (χ1v) is 10.8. The third-order valence-electron chi connectivity index (χ3n) is 4.98. The Balaban J connectivity index is 1.95. The quantitative estimate of drug-likeness (QED) is 0.328. The van der Waals surface area contributed by atoms with Gasteiger partial charge in [0.25, 0.3) is 0 Å². The van der Waals surface area contributed by atoms with Crippen LogP contribution < -0.4 is 9.47 Å². The summed E-state index contributed by atoms with van der Waals surface area (Å²) in [7, 11) is 0. The molecule has 1 atom stereocenters. The van der Waals surface area contributed by atoms with E-state index in [1.54, 1.807) is 24.3 Å². The zero-order valence-electron chi connectivity index (χ0n) is 16.4. The maximum absolute atomic E-state index is 11.9. The summed E-state index contributed by atoms with van der Waals surface area (Å²) in [4.78, 5) is 26.8. The maximum Gasteiger partial charge on any atom is 0.308 e. The number of aromatic amines is 1. The molecule has 0 unspecified atom stereocenters. The predicted molar refractivity (Wildman–Crippen MR) is 120 cm³/mol. The number of halogens is 4. The normalized spacial score (nSPS) is 15.1. The molecule has 0 radical (unpaired) electrons. The van der Waals surface area contributed by atoms with Crippen LogP contribution >= 0.6 is 46.4 Å². The molecule has 1 aliphatic heterocycles. The molecule has 4 rings (SSSR count). The van der Waals surface area contributed by atoms with Crippen molar-refractivity contribution in [2.75, 3.05) is 0 Å². The summed E-state index contributed by atoms with van der Waals surface area (Å²) in [5, 5.41) is 1.39. The molecular formula is C21H16Cl4N2O4. The highest BCUT2D eigenvalue weighted by Crippen LogP contribution is 2.48. The highest BCUT2D eigenvalue weighted by Gasteiger charge is 2.33. The minimum absolute atomic E-state index is 0.238. The van der Waals surface area contributed by atoms with Gasteiger partial charge in [-0.15, -0.1) is 0 Å². The zero-order valence-corrected chi connectivity index (χ0v) is 19.4. The number of H-pyrrole nitrogens is 1. The number of hydrogen-bond donors (Lipinski definition) is 1. The SMILES string of the molecule is CC(=O)Oc1cc(-c2cc(Cl)c(Cl)[nH]2)cc(OC(C)=O)c1[C@@H]1CCc2cc(Cl)c(Cl)n21. The minimum atomic E-state index is -0.524. The molecule has 3 heterocycles. The molecule has 1 aliphatic rings. The van der Waals surface area contributed by atoms with Gasteiger partial charge in [0.1, 0.15) is 21.8 Å². The van der Waals surface area contributed by atoms with E-state index in [-0.39, 0.29) is 22.7 Å². The first-order chi connectivity index (χ1) is 14.7. The molecule has 0 bridgehead atoms. The average molecular weight is 502 g/mol. The highest BCUT2D eigenvalue weighted by atomic mass is 35.5. The number of hydrogen-bond acceptors (Lipinski definition) is 4. The molecule has 0 saturated carbocycles. The van der Waals surface area contributed by atoms with Crippen LogP contribution in [0.15, 0.2) is 24.3 Å². The number of carbonyl (C=O) groups excluding carboxylic acids is 2. The molecule has 1 N–H and O–H groups in total. The van der Waals surface area contributed by atoms with Crippen molar-refractivity contribution >= 4 is 58.3 Å².